The highest BCUT2D eigenvalue weighted by atomic mass is 32.2. The van der Waals surface area contributed by atoms with E-state index in [1.807, 2.05) is 0 Å². The Hall–Kier alpha value is 0.350. The zero-order chi connectivity index (χ0) is 14.0. The number of unbranched alkanes of at least 4 members (excludes halogenated alkanes) is 12. The van der Waals surface area contributed by atoms with Gasteiger partial charge in [0.15, 0.2) is 0 Å². The van der Waals surface area contributed by atoms with Crippen molar-refractivity contribution < 1.29 is 0 Å². The van der Waals surface area contributed by atoms with Gasteiger partial charge < -0.3 is 0 Å². The lowest BCUT2D eigenvalue weighted by Gasteiger charge is -2.03. The summed E-state index contributed by atoms with van der Waals surface area (Å²) in [6, 6.07) is 0. The second kappa shape index (κ2) is 18.4. The summed E-state index contributed by atoms with van der Waals surface area (Å²) in [6.07, 6.45) is 19.7. The topological polar surface area (TPSA) is 0 Å². The highest BCUT2D eigenvalue weighted by Crippen LogP contribution is 2.13. The van der Waals surface area contributed by atoms with Crippen molar-refractivity contribution in [2.75, 3.05) is 11.5 Å². The van der Waals surface area contributed by atoms with Crippen LogP contribution in [0.5, 0.6) is 0 Å². The van der Waals surface area contributed by atoms with E-state index in [2.05, 4.69) is 25.6 Å². The molecule has 1 radical (unpaired) electrons. The van der Waals surface area contributed by atoms with Gasteiger partial charge in [-0.15, -0.1) is 0 Å². The summed E-state index contributed by atoms with van der Waals surface area (Å²) < 4.78 is 0. The third-order valence-electron chi connectivity index (χ3n) is 3.68. The highest BCUT2D eigenvalue weighted by molar-refractivity contribution is 7.99. The number of hydrogen-bond acceptors (Lipinski definition) is 1. The zero-order valence-corrected chi connectivity index (χ0v) is 14.2. The van der Waals surface area contributed by atoms with Crippen molar-refractivity contribution >= 4 is 11.8 Å². The van der Waals surface area contributed by atoms with Gasteiger partial charge in [-0.3, -0.25) is 0 Å². The van der Waals surface area contributed by atoms with Crippen molar-refractivity contribution in [2.45, 2.75) is 96.8 Å². The molecule has 0 heterocycles. The van der Waals surface area contributed by atoms with E-state index in [9.17, 15) is 0 Å². The first kappa shape index (κ1) is 19.4. The molecule has 0 amide bonds. The first-order valence-corrected chi connectivity index (χ1v) is 9.94. The Morgan fingerprint density at radius 3 is 1.47 bits per heavy atom. The molecule has 0 aliphatic heterocycles. The van der Waals surface area contributed by atoms with E-state index in [4.69, 9.17) is 0 Å². The standard InChI is InChI=1S/C18H37S/c1-3-5-7-9-11-13-15-17-19-18-16-14-12-10-8-6-4-2/h1,3-18H2,2H3. The number of hydrogen-bond donors (Lipinski definition) is 0. The Labute approximate surface area is 127 Å². The summed E-state index contributed by atoms with van der Waals surface area (Å²) in [6.45, 7) is 6.18. The number of thioether (sulfide) groups is 1. The van der Waals surface area contributed by atoms with Gasteiger partial charge in [0.25, 0.3) is 0 Å². The van der Waals surface area contributed by atoms with E-state index >= 15 is 0 Å². The van der Waals surface area contributed by atoms with E-state index in [0.717, 1.165) is 6.42 Å². The Morgan fingerprint density at radius 1 is 0.579 bits per heavy atom. The lowest BCUT2D eigenvalue weighted by atomic mass is 10.1. The molecule has 0 aliphatic carbocycles. The Bertz CT molecular complexity index is 129. The van der Waals surface area contributed by atoms with Crippen LogP contribution in [-0.4, -0.2) is 11.5 Å². The van der Waals surface area contributed by atoms with E-state index in [-0.39, 0.29) is 0 Å². The van der Waals surface area contributed by atoms with Crippen LogP contribution in [0.1, 0.15) is 96.8 Å². The van der Waals surface area contributed by atoms with Crippen LogP contribution in [0.2, 0.25) is 0 Å². The summed E-state index contributed by atoms with van der Waals surface area (Å²) in [7, 11) is 0. The molecule has 0 aliphatic rings. The molecule has 0 nitrogen and oxygen atoms in total. The monoisotopic (exact) mass is 285 g/mol. The molecule has 0 saturated carbocycles. The fraction of sp³-hybridized carbons (Fsp3) is 0.944. The van der Waals surface area contributed by atoms with Crippen LogP contribution in [0, 0.1) is 6.92 Å². The molecule has 0 aromatic heterocycles. The fourth-order valence-electron chi connectivity index (χ4n) is 2.35. The summed E-state index contributed by atoms with van der Waals surface area (Å²) in [5.74, 6) is 2.79. The van der Waals surface area contributed by atoms with E-state index in [0.29, 0.717) is 0 Å². The van der Waals surface area contributed by atoms with Crippen LogP contribution in [0.4, 0.5) is 0 Å². The largest absolute Gasteiger partial charge is 0.162 e. The van der Waals surface area contributed by atoms with Crippen molar-refractivity contribution in [3.63, 3.8) is 0 Å². The predicted molar refractivity (Wildman–Crippen MR) is 93.0 cm³/mol. The minimum Gasteiger partial charge on any atom is -0.162 e. The van der Waals surface area contributed by atoms with Gasteiger partial charge >= 0.3 is 0 Å². The molecule has 0 rings (SSSR count). The minimum atomic E-state index is 1.12. The second-order valence-corrected chi connectivity index (χ2v) is 6.93. The van der Waals surface area contributed by atoms with Crippen LogP contribution in [0.3, 0.4) is 0 Å². The van der Waals surface area contributed by atoms with E-state index < -0.39 is 0 Å². The quantitative estimate of drug-likeness (QED) is 0.274. The molecule has 115 valence electrons. The first-order chi connectivity index (χ1) is 9.41. The lowest BCUT2D eigenvalue weighted by Crippen LogP contribution is -1.86. The smallest absolute Gasteiger partial charge is 0.00675 e. The molecular weight excluding hydrogens is 248 g/mol. The molecule has 0 unspecified atom stereocenters. The summed E-state index contributed by atoms with van der Waals surface area (Å²) in [4.78, 5) is 0. The minimum absolute atomic E-state index is 1.12. The van der Waals surface area contributed by atoms with Crippen molar-refractivity contribution in [3.05, 3.63) is 6.92 Å². The summed E-state index contributed by atoms with van der Waals surface area (Å²) >= 11 is 2.18. The van der Waals surface area contributed by atoms with Crippen LogP contribution >= 0.6 is 11.8 Å². The Kier molecular flexibility index (Phi) is 18.7. The summed E-state index contributed by atoms with van der Waals surface area (Å²) in [5.41, 5.74) is 0. The van der Waals surface area contributed by atoms with Gasteiger partial charge in [-0.05, 0) is 24.3 Å². The van der Waals surface area contributed by atoms with Crippen LogP contribution < -0.4 is 0 Å². The third kappa shape index (κ3) is 18.4. The molecule has 0 atom stereocenters. The van der Waals surface area contributed by atoms with Crippen LogP contribution in [0.15, 0.2) is 0 Å². The Morgan fingerprint density at radius 2 is 1.00 bits per heavy atom. The van der Waals surface area contributed by atoms with E-state index in [1.54, 1.807) is 0 Å². The maximum atomic E-state index is 3.89. The van der Waals surface area contributed by atoms with Gasteiger partial charge in [-0.25, -0.2) is 0 Å². The van der Waals surface area contributed by atoms with Crippen LogP contribution in [0.25, 0.3) is 0 Å². The van der Waals surface area contributed by atoms with Gasteiger partial charge in [0, 0.05) is 0 Å². The molecule has 1 heteroatoms. The molecule has 19 heavy (non-hydrogen) atoms. The Balaban J connectivity index is 2.88. The SMILES string of the molecule is [CH2]CCCCCCCCSCCCCCCCCC. The van der Waals surface area contributed by atoms with Crippen LogP contribution in [-0.2, 0) is 0 Å². The van der Waals surface area contributed by atoms with Crippen molar-refractivity contribution in [1.29, 1.82) is 0 Å². The fourth-order valence-corrected chi connectivity index (χ4v) is 3.37. The molecule has 0 spiro atoms. The third-order valence-corrected chi connectivity index (χ3v) is 4.84. The normalized spacial score (nSPS) is 11.1. The maximum absolute atomic E-state index is 3.89. The van der Waals surface area contributed by atoms with Crippen molar-refractivity contribution in [3.8, 4) is 0 Å². The second-order valence-electron chi connectivity index (χ2n) is 5.71. The van der Waals surface area contributed by atoms with Gasteiger partial charge in [0.05, 0.1) is 0 Å². The molecule has 0 fully saturated rings. The maximum Gasteiger partial charge on any atom is -0.00675 e. The molecule has 0 N–H and O–H groups in total. The first-order valence-electron chi connectivity index (χ1n) is 8.78. The molecule has 0 aromatic carbocycles. The molecule has 0 bridgehead atoms. The van der Waals surface area contributed by atoms with Gasteiger partial charge in [-0.2, -0.15) is 11.8 Å². The van der Waals surface area contributed by atoms with Gasteiger partial charge in [0.1, 0.15) is 0 Å². The zero-order valence-electron chi connectivity index (χ0n) is 13.4. The average Bonchev–Trinajstić information content (AvgIpc) is 2.43. The highest BCUT2D eigenvalue weighted by Gasteiger charge is 1.94. The van der Waals surface area contributed by atoms with Gasteiger partial charge in [-0.1, -0.05) is 90.9 Å². The van der Waals surface area contributed by atoms with Crippen molar-refractivity contribution in [2.24, 2.45) is 0 Å². The molecular formula is C18H37S. The predicted octanol–water partition coefficient (Wildman–Crippen LogP) is 7.03. The lowest BCUT2D eigenvalue weighted by molar-refractivity contribution is 0.603. The molecule has 0 saturated heterocycles. The van der Waals surface area contributed by atoms with Crippen molar-refractivity contribution in [1.82, 2.24) is 0 Å². The van der Waals surface area contributed by atoms with E-state index in [1.165, 1.54) is 95.0 Å². The average molecular weight is 286 g/mol. The van der Waals surface area contributed by atoms with Gasteiger partial charge in [0.2, 0.25) is 0 Å². The molecule has 0 aromatic rings. The number of rotatable bonds is 16. The summed E-state index contributed by atoms with van der Waals surface area (Å²) in [5, 5.41) is 0.